The van der Waals surface area contributed by atoms with Crippen LogP contribution in [0.5, 0.6) is 0 Å². The van der Waals surface area contributed by atoms with E-state index in [1.54, 1.807) is 0 Å². The molecular formula is C17H23NO2. The Kier molecular flexibility index (Phi) is 4.82. The lowest BCUT2D eigenvalue weighted by Gasteiger charge is -2.31. The second kappa shape index (κ2) is 6.41. The SMILES string of the molecule is C#CC(C)(C)OC[C@@H](O)CN1CCc2ccccc2C1. The molecule has 3 heteroatoms. The van der Waals surface area contributed by atoms with Crippen molar-refractivity contribution < 1.29 is 9.84 Å². The van der Waals surface area contributed by atoms with Crippen molar-refractivity contribution >= 4 is 0 Å². The Hall–Kier alpha value is -1.34. The van der Waals surface area contributed by atoms with Gasteiger partial charge in [0.15, 0.2) is 0 Å². The molecule has 0 unspecified atom stereocenters. The highest BCUT2D eigenvalue weighted by molar-refractivity contribution is 5.29. The minimum atomic E-state index is -0.616. The molecule has 0 saturated carbocycles. The van der Waals surface area contributed by atoms with Crippen LogP contribution < -0.4 is 0 Å². The van der Waals surface area contributed by atoms with E-state index in [9.17, 15) is 5.11 Å². The maximum Gasteiger partial charge on any atom is 0.122 e. The van der Waals surface area contributed by atoms with E-state index < -0.39 is 11.7 Å². The fourth-order valence-electron chi connectivity index (χ4n) is 2.41. The zero-order chi connectivity index (χ0) is 14.6. The molecular weight excluding hydrogens is 250 g/mol. The van der Waals surface area contributed by atoms with Crippen LogP contribution in [0.15, 0.2) is 24.3 Å². The van der Waals surface area contributed by atoms with Gasteiger partial charge in [0.25, 0.3) is 0 Å². The average Bonchev–Trinajstić information content (AvgIpc) is 2.45. The van der Waals surface area contributed by atoms with E-state index in [4.69, 9.17) is 11.2 Å². The lowest BCUT2D eigenvalue weighted by Crippen LogP contribution is -2.39. The van der Waals surface area contributed by atoms with Crippen LogP contribution in [0.1, 0.15) is 25.0 Å². The molecule has 1 aliphatic heterocycles. The second-order valence-electron chi connectivity index (χ2n) is 5.87. The molecule has 0 fully saturated rings. The third-order valence-electron chi connectivity index (χ3n) is 3.66. The third kappa shape index (κ3) is 4.08. The Bertz CT molecular complexity index is 490. The Morgan fingerprint density at radius 1 is 1.40 bits per heavy atom. The molecule has 20 heavy (non-hydrogen) atoms. The van der Waals surface area contributed by atoms with Crippen molar-refractivity contribution in [3.8, 4) is 12.3 Å². The first-order chi connectivity index (χ1) is 9.50. The number of hydrogen-bond acceptors (Lipinski definition) is 3. The summed E-state index contributed by atoms with van der Waals surface area (Å²) in [5.41, 5.74) is 2.16. The summed E-state index contributed by atoms with van der Waals surface area (Å²) in [6.07, 6.45) is 5.90. The van der Waals surface area contributed by atoms with Crippen LogP contribution >= 0.6 is 0 Å². The van der Waals surface area contributed by atoms with Crippen molar-refractivity contribution in [2.24, 2.45) is 0 Å². The van der Waals surface area contributed by atoms with Crippen LogP contribution in [0.3, 0.4) is 0 Å². The van der Waals surface area contributed by atoms with Gasteiger partial charge in [0.05, 0.1) is 12.7 Å². The summed E-state index contributed by atoms with van der Waals surface area (Å²) < 4.78 is 5.54. The summed E-state index contributed by atoms with van der Waals surface area (Å²) in [6, 6.07) is 8.49. The molecule has 3 nitrogen and oxygen atoms in total. The maximum absolute atomic E-state index is 10.1. The number of rotatable bonds is 5. The molecule has 1 aliphatic rings. The summed E-state index contributed by atoms with van der Waals surface area (Å²) in [6.45, 7) is 6.43. The molecule has 0 saturated heterocycles. The molecule has 0 radical (unpaired) electrons. The number of β-amino-alcohol motifs (C(OH)–C–C–N with tert-alkyl or cyclic N) is 1. The molecule has 1 N–H and O–H groups in total. The van der Waals surface area contributed by atoms with Gasteiger partial charge in [-0.05, 0) is 31.4 Å². The number of ether oxygens (including phenoxy) is 1. The van der Waals surface area contributed by atoms with Crippen LogP contribution in [0.2, 0.25) is 0 Å². The van der Waals surface area contributed by atoms with Gasteiger partial charge in [-0.1, -0.05) is 30.2 Å². The Labute approximate surface area is 121 Å². The summed E-state index contributed by atoms with van der Waals surface area (Å²) in [7, 11) is 0. The third-order valence-corrected chi connectivity index (χ3v) is 3.66. The largest absolute Gasteiger partial charge is 0.389 e. The molecule has 2 rings (SSSR count). The number of aliphatic hydroxyl groups is 1. The van der Waals surface area contributed by atoms with E-state index in [1.165, 1.54) is 11.1 Å². The van der Waals surface area contributed by atoms with Gasteiger partial charge in [-0.25, -0.2) is 0 Å². The van der Waals surface area contributed by atoms with Crippen LogP contribution in [-0.2, 0) is 17.7 Å². The zero-order valence-corrected chi connectivity index (χ0v) is 12.3. The molecule has 0 spiro atoms. The average molecular weight is 273 g/mol. The van der Waals surface area contributed by atoms with Crippen molar-refractivity contribution in [3.05, 3.63) is 35.4 Å². The smallest absolute Gasteiger partial charge is 0.122 e. The molecule has 0 bridgehead atoms. The van der Waals surface area contributed by atoms with Crippen molar-refractivity contribution in [1.29, 1.82) is 0 Å². The van der Waals surface area contributed by atoms with Crippen molar-refractivity contribution in [1.82, 2.24) is 4.90 Å². The zero-order valence-electron chi connectivity index (χ0n) is 12.3. The molecule has 0 aliphatic carbocycles. The first-order valence-electron chi connectivity index (χ1n) is 7.09. The van der Waals surface area contributed by atoms with Gasteiger partial charge in [-0.15, -0.1) is 6.42 Å². The van der Waals surface area contributed by atoms with Crippen LogP contribution in [0.25, 0.3) is 0 Å². The fraction of sp³-hybridized carbons (Fsp3) is 0.529. The molecule has 108 valence electrons. The highest BCUT2D eigenvalue weighted by Crippen LogP contribution is 2.18. The highest BCUT2D eigenvalue weighted by atomic mass is 16.5. The quantitative estimate of drug-likeness (QED) is 0.831. The van der Waals surface area contributed by atoms with E-state index in [0.29, 0.717) is 6.54 Å². The van der Waals surface area contributed by atoms with Gasteiger partial charge in [-0.3, -0.25) is 4.90 Å². The minimum Gasteiger partial charge on any atom is -0.389 e. The molecule has 0 amide bonds. The molecule has 1 aromatic carbocycles. The molecule has 1 heterocycles. The number of aliphatic hydroxyl groups excluding tert-OH is 1. The van der Waals surface area contributed by atoms with Crippen LogP contribution in [0, 0.1) is 12.3 Å². The van der Waals surface area contributed by atoms with Crippen molar-refractivity contribution in [3.63, 3.8) is 0 Å². The Morgan fingerprint density at radius 2 is 2.10 bits per heavy atom. The second-order valence-corrected chi connectivity index (χ2v) is 5.87. The fourth-order valence-corrected chi connectivity index (χ4v) is 2.41. The van der Waals surface area contributed by atoms with E-state index in [0.717, 1.165) is 19.5 Å². The number of fused-ring (bicyclic) bond motifs is 1. The highest BCUT2D eigenvalue weighted by Gasteiger charge is 2.21. The minimum absolute atomic E-state index is 0.273. The van der Waals surface area contributed by atoms with Gasteiger partial charge >= 0.3 is 0 Å². The topological polar surface area (TPSA) is 32.7 Å². The van der Waals surface area contributed by atoms with Gasteiger partial charge in [0, 0.05) is 19.6 Å². The Morgan fingerprint density at radius 3 is 2.80 bits per heavy atom. The van der Waals surface area contributed by atoms with Gasteiger partial charge in [0.2, 0.25) is 0 Å². The van der Waals surface area contributed by atoms with E-state index in [1.807, 2.05) is 13.8 Å². The maximum atomic E-state index is 10.1. The number of terminal acetylenes is 1. The first-order valence-corrected chi connectivity index (χ1v) is 7.09. The number of hydrogen-bond donors (Lipinski definition) is 1. The van der Waals surface area contributed by atoms with Gasteiger partial charge < -0.3 is 9.84 Å². The predicted molar refractivity (Wildman–Crippen MR) is 80.3 cm³/mol. The molecule has 0 aromatic heterocycles. The normalized spacial score (nSPS) is 17.3. The number of nitrogens with zero attached hydrogens (tertiary/aromatic N) is 1. The van der Waals surface area contributed by atoms with Crippen LogP contribution in [0.4, 0.5) is 0 Å². The summed E-state index contributed by atoms with van der Waals surface area (Å²) >= 11 is 0. The van der Waals surface area contributed by atoms with Gasteiger partial charge in [0.1, 0.15) is 5.60 Å². The summed E-state index contributed by atoms with van der Waals surface area (Å²) in [5, 5.41) is 10.1. The van der Waals surface area contributed by atoms with Gasteiger partial charge in [-0.2, -0.15) is 0 Å². The van der Waals surface area contributed by atoms with Crippen molar-refractivity contribution in [2.75, 3.05) is 19.7 Å². The van der Waals surface area contributed by atoms with E-state index in [2.05, 4.69) is 35.1 Å². The summed E-state index contributed by atoms with van der Waals surface area (Å²) in [5.74, 6) is 2.57. The van der Waals surface area contributed by atoms with Crippen LogP contribution in [-0.4, -0.2) is 41.4 Å². The van der Waals surface area contributed by atoms with E-state index in [-0.39, 0.29) is 6.61 Å². The Balaban J connectivity index is 1.82. The number of benzene rings is 1. The lowest BCUT2D eigenvalue weighted by molar-refractivity contribution is -0.0384. The molecule has 1 atom stereocenters. The standard InChI is InChI=1S/C17H23NO2/c1-4-17(2,3)20-13-16(19)12-18-10-9-14-7-5-6-8-15(14)11-18/h1,5-8,16,19H,9-13H2,2-3H3/t16-/m0/s1. The first kappa shape index (κ1) is 15.1. The summed E-state index contributed by atoms with van der Waals surface area (Å²) in [4.78, 5) is 2.26. The lowest BCUT2D eigenvalue weighted by atomic mass is 10.00. The monoisotopic (exact) mass is 273 g/mol. The molecule has 1 aromatic rings. The van der Waals surface area contributed by atoms with Crippen molar-refractivity contribution in [2.45, 2.75) is 38.5 Å². The predicted octanol–water partition coefficient (Wildman–Crippen LogP) is 1.83. The van der Waals surface area contributed by atoms with E-state index >= 15 is 0 Å².